The van der Waals surface area contributed by atoms with Crippen molar-refractivity contribution in [1.29, 1.82) is 0 Å². The summed E-state index contributed by atoms with van der Waals surface area (Å²) in [6.45, 7) is 6.96. The summed E-state index contributed by atoms with van der Waals surface area (Å²) in [4.78, 5) is 46.2. The summed E-state index contributed by atoms with van der Waals surface area (Å²) in [5.41, 5.74) is 2.28. The first-order valence-electron chi connectivity index (χ1n) is 12.2. The van der Waals surface area contributed by atoms with Crippen LogP contribution in [0, 0.1) is 6.92 Å². The number of nitrogens with zero attached hydrogens (tertiary/aromatic N) is 3. The summed E-state index contributed by atoms with van der Waals surface area (Å²) in [7, 11) is 0. The van der Waals surface area contributed by atoms with Crippen LogP contribution in [0.25, 0.3) is 0 Å². The summed E-state index contributed by atoms with van der Waals surface area (Å²) in [6.07, 6.45) is 2.88. The van der Waals surface area contributed by atoms with E-state index in [9.17, 15) is 14.4 Å². The van der Waals surface area contributed by atoms with Gasteiger partial charge in [0, 0.05) is 36.6 Å². The molecule has 0 bridgehead atoms. The summed E-state index contributed by atoms with van der Waals surface area (Å²) >= 11 is 1.28. The minimum atomic E-state index is -0.286. The van der Waals surface area contributed by atoms with Gasteiger partial charge in [-0.15, -0.1) is 11.3 Å². The van der Waals surface area contributed by atoms with Crippen LogP contribution < -0.4 is 10.6 Å². The van der Waals surface area contributed by atoms with Gasteiger partial charge in [0.15, 0.2) is 5.13 Å². The number of ether oxygens (including phenoxy) is 1. The van der Waals surface area contributed by atoms with Crippen LogP contribution in [0.1, 0.15) is 40.9 Å². The van der Waals surface area contributed by atoms with Crippen molar-refractivity contribution in [3.05, 3.63) is 46.5 Å². The molecule has 1 aromatic heterocycles. The number of carbonyl (C=O) groups is 3. The molecule has 9 nitrogen and oxygen atoms in total. The van der Waals surface area contributed by atoms with Crippen molar-refractivity contribution >= 4 is 34.2 Å². The molecule has 1 aliphatic carbocycles. The van der Waals surface area contributed by atoms with Gasteiger partial charge in [0.05, 0.1) is 25.3 Å². The van der Waals surface area contributed by atoms with E-state index in [4.69, 9.17) is 4.74 Å². The van der Waals surface area contributed by atoms with Crippen LogP contribution in [0.15, 0.2) is 29.6 Å². The number of hydrogen-bond acceptors (Lipinski definition) is 7. The van der Waals surface area contributed by atoms with Crippen LogP contribution in [0.4, 0.5) is 5.13 Å². The maximum Gasteiger partial charge on any atom is 0.254 e. The van der Waals surface area contributed by atoms with E-state index in [1.54, 1.807) is 22.4 Å². The first-order chi connectivity index (χ1) is 17.0. The quantitative estimate of drug-likeness (QED) is 0.459. The Bertz CT molecular complexity index is 1020. The van der Waals surface area contributed by atoms with E-state index in [1.807, 2.05) is 19.1 Å². The lowest BCUT2D eigenvalue weighted by atomic mass is 10.1. The lowest BCUT2D eigenvalue weighted by Crippen LogP contribution is -2.39. The first kappa shape index (κ1) is 25.3. The molecule has 1 aliphatic heterocycles. The van der Waals surface area contributed by atoms with E-state index in [2.05, 4.69) is 20.5 Å². The van der Waals surface area contributed by atoms with Gasteiger partial charge in [0.25, 0.3) is 5.91 Å². The van der Waals surface area contributed by atoms with E-state index >= 15 is 0 Å². The number of anilines is 1. The second kappa shape index (κ2) is 12.2. The van der Waals surface area contributed by atoms with Crippen LogP contribution >= 0.6 is 11.3 Å². The largest absolute Gasteiger partial charge is 0.379 e. The molecular formula is C25H33N5O4S. The summed E-state index contributed by atoms with van der Waals surface area (Å²) in [6, 6.07) is 7.50. The molecule has 2 aromatic rings. The fourth-order valence-electron chi connectivity index (χ4n) is 3.96. The molecular weight excluding hydrogens is 466 g/mol. The van der Waals surface area contributed by atoms with Gasteiger partial charge in [-0.05, 0) is 44.9 Å². The molecule has 3 amide bonds. The SMILES string of the molecule is Cc1ccc(C(=O)N(CC(=O)Nc2nc(CC(=O)NCCCN3CCOCC3)cs2)C2CC2)cc1. The average Bonchev–Trinajstić information content (AvgIpc) is 3.61. The zero-order valence-electron chi connectivity index (χ0n) is 20.1. The molecule has 2 N–H and O–H groups in total. The van der Waals surface area contributed by atoms with Crippen LogP contribution in [-0.4, -0.2) is 84.5 Å². The molecule has 0 spiro atoms. The molecule has 4 rings (SSSR count). The predicted octanol–water partition coefficient (Wildman–Crippen LogP) is 2.08. The van der Waals surface area contributed by atoms with E-state index in [0.29, 0.717) is 22.9 Å². The number of aromatic nitrogens is 1. The Kier molecular flexibility index (Phi) is 8.84. The lowest BCUT2D eigenvalue weighted by Gasteiger charge is -2.26. The molecule has 2 heterocycles. The smallest absolute Gasteiger partial charge is 0.254 e. The first-order valence-corrected chi connectivity index (χ1v) is 13.0. The van der Waals surface area contributed by atoms with Crippen LogP contribution in [0.5, 0.6) is 0 Å². The number of nitrogens with one attached hydrogen (secondary N) is 2. The number of hydrogen-bond donors (Lipinski definition) is 2. The lowest BCUT2D eigenvalue weighted by molar-refractivity contribution is -0.120. The number of carbonyl (C=O) groups excluding carboxylic acids is 3. The van der Waals surface area contributed by atoms with Crippen molar-refractivity contribution < 1.29 is 19.1 Å². The van der Waals surface area contributed by atoms with Gasteiger partial charge in [-0.1, -0.05) is 17.7 Å². The highest BCUT2D eigenvalue weighted by Crippen LogP contribution is 2.28. The third-order valence-corrected chi connectivity index (χ3v) is 6.88. The van der Waals surface area contributed by atoms with Crippen LogP contribution in [0.3, 0.4) is 0 Å². The van der Waals surface area contributed by atoms with Crippen LogP contribution in [-0.2, 0) is 20.7 Å². The number of amides is 3. The Labute approximate surface area is 209 Å². The topological polar surface area (TPSA) is 104 Å². The molecule has 2 fully saturated rings. The van der Waals surface area contributed by atoms with E-state index < -0.39 is 0 Å². The number of rotatable bonds is 11. The minimum absolute atomic E-state index is 0.0179. The van der Waals surface area contributed by atoms with Gasteiger partial charge in [-0.2, -0.15) is 0 Å². The summed E-state index contributed by atoms with van der Waals surface area (Å²) < 4.78 is 5.34. The Morgan fingerprint density at radius 1 is 1.14 bits per heavy atom. The molecule has 1 aromatic carbocycles. The third kappa shape index (κ3) is 7.84. The van der Waals surface area contributed by atoms with E-state index in [-0.39, 0.29) is 36.7 Å². The fourth-order valence-corrected chi connectivity index (χ4v) is 4.68. The van der Waals surface area contributed by atoms with Gasteiger partial charge in [0.1, 0.15) is 6.54 Å². The van der Waals surface area contributed by atoms with Crippen LogP contribution in [0.2, 0.25) is 0 Å². The molecule has 10 heteroatoms. The molecule has 0 atom stereocenters. The van der Waals surface area contributed by atoms with Crippen molar-refractivity contribution in [3.63, 3.8) is 0 Å². The van der Waals surface area contributed by atoms with E-state index in [1.165, 1.54) is 11.3 Å². The van der Waals surface area contributed by atoms with Crippen molar-refractivity contribution in [2.24, 2.45) is 0 Å². The monoisotopic (exact) mass is 499 g/mol. The molecule has 1 saturated carbocycles. The fraction of sp³-hybridized carbons (Fsp3) is 0.520. The molecule has 0 radical (unpaired) electrons. The standard InChI is InChI=1S/C25H33N5O4S/c1-18-3-5-19(6-4-18)24(33)30(21-7-8-21)16-23(32)28-25-27-20(17-35-25)15-22(31)26-9-2-10-29-11-13-34-14-12-29/h3-6,17,21H,2,7-16H2,1H3,(H,26,31)(H,27,28,32). The Hall–Kier alpha value is -2.82. The van der Waals surface area contributed by atoms with Crippen molar-refractivity contribution in [2.75, 3.05) is 51.3 Å². The average molecular weight is 500 g/mol. The number of aryl methyl sites for hydroxylation is 1. The predicted molar refractivity (Wildman–Crippen MR) is 135 cm³/mol. The maximum atomic E-state index is 12.9. The summed E-state index contributed by atoms with van der Waals surface area (Å²) in [5, 5.41) is 7.92. The minimum Gasteiger partial charge on any atom is -0.379 e. The maximum absolute atomic E-state index is 12.9. The van der Waals surface area contributed by atoms with Crippen molar-refractivity contribution in [2.45, 2.75) is 38.6 Å². The van der Waals surface area contributed by atoms with Crippen molar-refractivity contribution in [3.8, 4) is 0 Å². The molecule has 188 valence electrons. The second-order valence-electron chi connectivity index (χ2n) is 9.06. The van der Waals surface area contributed by atoms with Gasteiger partial charge < -0.3 is 20.3 Å². The number of thiazole rings is 1. The highest BCUT2D eigenvalue weighted by molar-refractivity contribution is 7.13. The summed E-state index contributed by atoms with van der Waals surface area (Å²) in [5.74, 6) is -0.502. The second-order valence-corrected chi connectivity index (χ2v) is 9.91. The zero-order chi connectivity index (χ0) is 24.6. The molecule has 0 unspecified atom stereocenters. The highest BCUT2D eigenvalue weighted by atomic mass is 32.1. The molecule has 2 aliphatic rings. The highest BCUT2D eigenvalue weighted by Gasteiger charge is 2.34. The normalized spacial score (nSPS) is 16.0. The number of benzene rings is 1. The van der Waals surface area contributed by atoms with Gasteiger partial charge in [-0.3, -0.25) is 19.3 Å². The third-order valence-electron chi connectivity index (χ3n) is 6.08. The Morgan fingerprint density at radius 2 is 1.89 bits per heavy atom. The Balaban J connectivity index is 1.20. The number of morpholine rings is 1. The van der Waals surface area contributed by atoms with Crippen molar-refractivity contribution in [1.82, 2.24) is 20.1 Å². The van der Waals surface area contributed by atoms with Gasteiger partial charge >= 0.3 is 0 Å². The van der Waals surface area contributed by atoms with E-state index in [0.717, 1.165) is 57.7 Å². The van der Waals surface area contributed by atoms with Gasteiger partial charge in [0.2, 0.25) is 11.8 Å². The Morgan fingerprint density at radius 3 is 2.60 bits per heavy atom. The molecule has 1 saturated heterocycles. The zero-order valence-corrected chi connectivity index (χ0v) is 20.9. The van der Waals surface area contributed by atoms with Gasteiger partial charge in [-0.25, -0.2) is 4.98 Å². The molecule has 35 heavy (non-hydrogen) atoms.